The van der Waals surface area contributed by atoms with Crippen LogP contribution in [0.5, 0.6) is 0 Å². The van der Waals surface area contributed by atoms with Crippen molar-refractivity contribution in [2.24, 2.45) is 5.73 Å². The molecule has 3 nitrogen and oxygen atoms in total. The lowest BCUT2D eigenvalue weighted by molar-refractivity contribution is -0.122. The molecule has 3 rings (SSSR count). The van der Waals surface area contributed by atoms with Gasteiger partial charge in [0.25, 0.3) is 0 Å². The third-order valence-corrected chi connectivity index (χ3v) is 4.41. The topological polar surface area (TPSA) is 55.1 Å². The van der Waals surface area contributed by atoms with Gasteiger partial charge in [-0.1, -0.05) is 54.6 Å². The number of carbonyl (C=O) groups is 1. The van der Waals surface area contributed by atoms with Crippen molar-refractivity contribution in [3.63, 3.8) is 0 Å². The van der Waals surface area contributed by atoms with Crippen molar-refractivity contribution in [2.75, 3.05) is 6.54 Å². The minimum absolute atomic E-state index is 0.0618. The van der Waals surface area contributed by atoms with Crippen LogP contribution in [0.4, 0.5) is 0 Å². The van der Waals surface area contributed by atoms with E-state index < -0.39 is 6.04 Å². The molecule has 1 aliphatic carbocycles. The first-order valence-electron chi connectivity index (χ1n) is 7.89. The number of fused-ring (bicyclic) bond motifs is 1. The number of nitrogens with one attached hydrogen (secondary N) is 1. The van der Waals surface area contributed by atoms with Crippen LogP contribution in [-0.2, 0) is 17.6 Å². The Morgan fingerprint density at radius 3 is 2.68 bits per heavy atom. The number of hydrogen-bond donors (Lipinski definition) is 2. The summed E-state index contributed by atoms with van der Waals surface area (Å²) in [4.78, 5) is 12.2. The van der Waals surface area contributed by atoms with E-state index >= 15 is 0 Å². The summed E-state index contributed by atoms with van der Waals surface area (Å²) >= 11 is 0. The average molecular weight is 294 g/mol. The second-order valence-electron chi connectivity index (χ2n) is 5.98. The Morgan fingerprint density at radius 2 is 1.86 bits per heavy atom. The normalized spacial score (nSPS) is 17.8. The van der Waals surface area contributed by atoms with Crippen LogP contribution < -0.4 is 11.1 Å². The molecule has 0 fully saturated rings. The second kappa shape index (κ2) is 6.75. The Labute approximate surface area is 131 Å². The lowest BCUT2D eigenvalue weighted by Crippen LogP contribution is -2.43. The molecule has 2 aromatic rings. The molecule has 2 aromatic carbocycles. The van der Waals surface area contributed by atoms with Gasteiger partial charge in [-0.2, -0.15) is 0 Å². The third-order valence-electron chi connectivity index (χ3n) is 4.41. The Balaban J connectivity index is 1.52. The molecule has 0 aliphatic heterocycles. The third kappa shape index (κ3) is 3.37. The van der Waals surface area contributed by atoms with Gasteiger partial charge >= 0.3 is 0 Å². The number of rotatable bonds is 5. The van der Waals surface area contributed by atoms with Crippen molar-refractivity contribution in [2.45, 2.75) is 31.2 Å². The summed E-state index contributed by atoms with van der Waals surface area (Å²) < 4.78 is 0. The molecule has 3 heteroatoms. The molecular weight excluding hydrogens is 272 g/mol. The zero-order valence-corrected chi connectivity index (χ0v) is 12.7. The first-order valence-corrected chi connectivity index (χ1v) is 7.89. The van der Waals surface area contributed by atoms with Crippen LogP contribution in [0.1, 0.15) is 29.0 Å². The number of benzene rings is 2. The van der Waals surface area contributed by atoms with Gasteiger partial charge in [-0.25, -0.2) is 0 Å². The van der Waals surface area contributed by atoms with Crippen molar-refractivity contribution < 1.29 is 4.79 Å². The number of carbonyl (C=O) groups excluding carboxylic acids is 1. The average Bonchev–Trinajstić information content (AvgIpc) is 2.97. The van der Waals surface area contributed by atoms with Gasteiger partial charge in [0.2, 0.25) is 5.91 Å². The smallest absolute Gasteiger partial charge is 0.237 e. The molecule has 0 radical (unpaired) electrons. The van der Waals surface area contributed by atoms with E-state index in [-0.39, 0.29) is 5.91 Å². The lowest BCUT2D eigenvalue weighted by Gasteiger charge is -2.16. The monoisotopic (exact) mass is 294 g/mol. The Bertz CT molecular complexity index is 639. The summed E-state index contributed by atoms with van der Waals surface area (Å²) in [5.41, 5.74) is 9.90. The van der Waals surface area contributed by atoms with Crippen LogP contribution in [0.25, 0.3) is 0 Å². The van der Waals surface area contributed by atoms with Gasteiger partial charge in [-0.05, 0) is 36.0 Å². The van der Waals surface area contributed by atoms with Gasteiger partial charge in [0, 0.05) is 12.5 Å². The summed E-state index contributed by atoms with van der Waals surface area (Å²) in [6.45, 7) is 0.679. The molecule has 1 amide bonds. The van der Waals surface area contributed by atoms with Crippen molar-refractivity contribution in [1.29, 1.82) is 0 Å². The van der Waals surface area contributed by atoms with Gasteiger partial charge < -0.3 is 11.1 Å². The molecule has 0 heterocycles. The molecule has 2 atom stereocenters. The Kier molecular flexibility index (Phi) is 4.54. The molecule has 0 saturated carbocycles. The Hall–Kier alpha value is -2.13. The number of amides is 1. The van der Waals surface area contributed by atoms with E-state index in [1.807, 2.05) is 30.3 Å². The minimum atomic E-state index is -0.487. The van der Waals surface area contributed by atoms with E-state index in [9.17, 15) is 4.79 Å². The van der Waals surface area contributed by atoms with E-state index in [1.165, 1.54) is 11.1 Å². The van der Waals surface area contributed by atoms with Gasteiger partial charge in [0.05, 0.1) is 6.04 Å². The summed E-state index contributed by atoms with van der Waals surface area (Å²) in [5.74, 6) is 0.359. The summed E-state index contributed by atoms with van der Waals surface area (Å²) in [6.07, 6.45) is 2.79. The van der Waals surface area contributed by atoms with Gasteiger partial charge in [0.15, 0.2) is 0 Å². The SMILES string of the molecule is N[C@@H](Cc1ccccc1)C(=O)NCC1CCc2ccccc21. The van der Waals surface area contributed by atoms with Crippen LogP contribution in [0, 0.1) is 0 Å². The van der Waals surface area contributed by atoms with Crippen molar-refractivity contribution in [1.82, 2.24) is 5.32 Å². The molecule has 1 unspecified atom stereocenters. The molecule has 0 aromatic heterocycles. The highest BCUT2D eigenvalue weighted by atomic mass is 16.2. The maximum Gasteiger partial charge on any atom is 0.237 e. The number of aryl methyl sites for hydroxylation is 1. The molecule has 114 valence electrons. The maximum atomic E-state index is 12.2. The fourth-order valence-electron chi connectivity index (χ4n) is 3.17. The fraction of sp³-hybridized carbons (Fsp3) is 0.316. The second-order valence-corrected chi connectivity index (χ2v) is 5.98. The molecule has 1 aliphatic rings. The standard InChI is InChI=1S/C19H22N2O/c20-18(12-14-6-2-1-3-7-14)19(22)21-13-16-11-10-15-8-4-5-9-17(15)16/h1-9,16,18H,10-13,20H2,(H,21,22)/t16?,18-/m0/s1. The highest BCUT2D eigenvalue weighted by Crippen LogP contribution is 2.32. The van der Waals surface area contributed by atoms with E-state index in [2.05, 4.69) is 29.6 Å². The van der Waals surface area contributed by atoms with Crippen LogP contribution in [0.2, 0.25) is 0 Å². The van der Waals surface area contributed by atoms with Crippen LogP contribution in [0.3, 0.4) is 0 Å². The van der Waals surface area contributed by atoms with Crippen molar-refractivity contribution >= 4 is 5.91 Å². The quantitative estimate of drug-likeness (QED) is 0.889. The predicted molar refractivity (Wildman–Crippen MR) is 88.6 cm³/mol. The molecule has 3 N–H and O–H groups in total. The molecule has 22 heavy (non-hydrogen) atoms. The summed E-state index contributed by atoms with van der Waals surface area (Å²) in [7, 11) is 0. The van der Waals surface area contributed by atoms with E-state index in [4.69, 9.17) is 5.73 Å². The number of nitrogens with two attached hydrogens (primary N) is 1. The van der Waals surface area contributed by atoms with E-state index in [0.29, 0.717) is 18.9 Å². The molecular formula is C19H22N2O. The predicted octanol–water partition coefficient (Wildman–Crippen LogP) is 2.40. The first-order chi connectivity index (χ1) is 10.7. The largest absolute Gasteiger partial charge is 0.354 e. The zero-order valence-electron chi connectivity index (χ0n) is 12.7. The van der Waals surface area contributed by atoms with E-state index in [0.717, 1.165) is 18.4 Å². The van der Waals surface area contributed by atoms with Gasteiger partial charge in [-0.15, -0.1) is 0 Å². The van der Waals surface area contributed by atoms with Crippen molar-refractivity contribution in [3.8, 4) is 0 Å². The summed E-state index contributed by atoms with van der Waals surface area (Å²) in [5, 5.41) is 3.02. The van der Waals surface area contributed by atoms with Crippen molar-refractivity contribution in [3.05, 3.63) is 71.3 Å². The van der Waals surface area contributed by atoms with E-state index in [1.54, 1.807) is 0 Å². The molecule has 0 spiro atoms. The highest BCUT2D eigenvalue weighted by molar-refractivity contribution is 5.81. The molecule has 0 saturated heterocycles. The highest BCUT2D eigenvalue weighted by Gasteiger charge is 2.23. The molecule has 0 bridgehead atoms. The minimum Gasteiger partial charge on any atom is -0.354 e. The van der Waals surface area contributed by atoms with Gasteiger partial charge in [-0.3, -0.25) is 4.79 Å². The van der Waals surface area contributed by atoms with Gasteiger partial charge in [0.1, 0.15) is 0 Å². The van der Waals surface area contributed by atoms with Crippen LogP contribution >= 0.6 is 0 Å². The summed E-state index contributed by atoms with van der Waals surface area (Å²) in [6, 6.07) is 17.9. The maximum absolute atomic E-state index is 12.2. The Morgan fingerprint density at radius 1 is 1.14 bits per heavy atom. The number of hydrogen-bond acceptors (Lipinski definition) is 2. The first kappa shape index (κ1) is 14.8. The van der Waals surface area contributed by atoms with Crippen LogP contribution in [0.15, 0.2) is 54.6 Å². The van der Waals surface area contributed by atoms with Crippen LogP contribution in [-0.4, -0.2) is 18.5 Å². The lowest BCUT2D eigenvalue weighted by atomic mass is 10.0. The zero-order chi connectivity index (χ0) is 15.4. The fourth-order valence-corrected chi connectivity index (χ4v) is 3.17.